The third-order valence-electron chi connectivity index (χ3n) is 3.55. The molecule has 24 heavy (non-hydrogen) atoms. The normalized spacial score (nSPS) is 10.9. The topological polar surface area (TPSA) is 26.3 Å². The molecule has 0 amide bonds. The molecule has 0 fully saturated rings. The van der Waals surface area contributed by atoms with Crippen LogP contribution in [0.3, 0.4) is 0 Å². The number of allylic oxidation sites excluding steroid dienone is 1. The smallest absolute Gasteiger partial charge is 0.195 e. The van der Waals surface area contributed by atoms with E-state index in [1.54, 1.807) is 6.08 Å². The van der Waals surface area contributed by atoms with Gasteiger partial charge >= 0.3 is 0 Å². The Kier molecular flexibility index (Phi) is 5.24. The summed E-state index contributed by atoms with van der Waals surface area (Å²) in [5.41, 5.74) is 2.01. The Bertz CT molecular complexity index is 847. The number of carbonyl (C=O) groups is 1. The molecule has 3 aromatic rings. The van der Waals surface area contributed by atoms with Crippen LogP contribution in [0.25, 0.3) is 6.08 Å². The van der Waals surface area contributed by atoms with Gasteiger partial charge in [-0.1, -0.05) is 48.5 Å². The number of ketones is 1. The third kappa shape index (κ3) is 4.21. The Morgan fingerprint density at radius 3 is 2.50 bits per heavy atom. The van der Waals surface area contributed by atoms with Gasteiger partial charge in [-0.15, -0.1) is 11.3 Å². The summed E-state index contributed by atoms with van der Waals surface area (Å²) in [4.78, 5) is 14.1. The van der Waals surface area contributed by atoms with Crippen molar-refractivity contribution in [3.63, 3.8) is 0 Å². The maximum absolute atomic E-state index is 12.2. The highest BCUT2D eigenvalue weighted by Gasteiger charge is 2.05. The molecular formula is C21H18O2S. The van der Waals surface area contributed by atoms with E-state index in [1.165, 1.54) is 11.3 Å². The predicted molar refractivity (Wildman–Crippen MR) is 99.6 cm³/mol. The number of hydrogen-bond donors (Lipinski definition) is 0. The number of ether oxygens (including phenoxy) is 1. The van der Waals surface area contributed by atoms with Crippen LogP contribution in [-0.4, -0.2) is 5.78 Å². The molecule has 0 saturated carbocycles. The fraction of sp³-hybridized carbons (Fsp3) is 0.0952. The zero-order chi connectivity index (χ0) is 16.8. The molecule has 3 heteroatoms. The van der Waals surface area contributed by atoms with Crippen molar-refractivity contribution in [2.75, 3.05) is 0 Å². The molecule has 3 rings (SSSR count). The second kappa shape index (κ2) is 7.75. The van der Waals surface area contributed by atoms with Crippen LogP contribution >= 0.6 is 11.3 Å². The number of rotatable bonds is 6. The predicted octanol–water partition coefficient (Wildman–Crippen LogP) is 5.53. The van der Waals surface area contributed by atoms with E-state index in [4.69, 9.17) is 4.74 Å². The van der Waals surface area contributed by atoms with Gasteiger partial charge in [0.15, 0.2) is 5.78 Å². The Hall–Kier alpha value is -2.65. The monoisotopic (exact) mass is 334 g/mol. The van der Waals surface area contributed by atoms with E-state index in [2.05, 4.69) is 0 Å². The van der Waals surface area contributed by atoms with E-state index >= 15 is 0 Å². The van der Waals surface area contributed by atoms with E-state index in [-0.39, 0.29) is 5.78 Å². The van der Waals surface area contributed by atoms with Gasteiger partial charge in [-0.05, 0) is 42.8 Å². The van der Waals surface area contributed by atoms with Crippen molar-refractivity contribution in [3.05, 3.63) is 93.7 Å². The Balaban J connectivity index is 1.72. The van der Waals surface area contributed by atoms with E-state index in [9.17, 15) is 4.79 Å². The first kappa shape index (κ1) is 16.2. The molecule has 0 aliphatic carbocycles. The number of thiophene rings is 1. The van der Waals surface area contributed by atoms with Gasteiger partial charge < -0.3 is 4.74 Å². The van der Waals surface area contributed by atoms with E-state index in [0.29, 0.717) is 6.61 Å². The van der Waals surface area contributed by atoms with Gasteiger partial charge in [-0.25, -0.2) is 0 Å². The summed E-state index contributed by atoms with van der Waals surface area (Å²) in [5.74, 6) is 0.790. The van der Waals surface area contributed by atoms with E-state index in [1.807, 2.05) is 79.7 Å². The second-order valence-corrected chi connectivity index (χ2v) is 6.71. The number of carbonyl (C=O) groups excluding carboxylic acids is 1. The molecule has 0 atom stereocenters. The fourth-order valence-electron chi connectivity index (χ4n) is 2.30. The lowest BCUT2D eigenvalue weighted by atomic mass is 10.1. The summed E-state index contributed by atoms with van der Waals surface area (Å²) >= 11 is 1.51. The van der Waals surface area contributed by atoms with Crippen LogP contribution in [0, 0.1) is 6.92 Å². The fourth-order valence-corrected chi connectivity index (χ4v) is 3.09. The molecule has 0 bridgehead atoms. The summed E-state index contributed by atoms with van der Waals surface area (Å²) in [6, 6.07) is 21.6. The maximum atomic E-state index is 12.2. The van der Waals surface area contributed by atoms with Crippen molar-refractivity contribution >= 4 is 23.2 Å². The number of para-hydroxylation sites is 1. The SMILES string of the molecule is Cc1ccc(C(=O)/C=C/c2ccccc2OCc2ccccc2)s1. The Labute approximate surface area is 146 Å². The molecule has 0 spiro atoms. The van der Waals surface area contributed by atoms with Crippen molar-refractivity contribution < 1.29 is 9.53 Å². The lowest BCUT2D eigenvalue weighted by Gasteiger charge is -2.09. The molecule has 2 aromatic carbocycles. The highest BCUT2D eigenvalue weighted by Crippen LogP contribution is 2.22. The van der Waals surface area contributed by atoms with E-state index < -0.39 is 0 Å². The van der Waals surface area contributed by atoms with Gasteiger partial charge in [-0.3, -0.25) is 4.79 Å². The van der Waals surface area contributed by atoms with Crippen LogP contribution in [0.4, 0.5) is 0 Å². The summed E-state index contributed by atoms with van der Waals surface area (Å²) in [5, 5.41) is 0. The molecule has 2 nitrogen and oxygen atoms in total. The Morgan fingerprint density at radius 2 is 1.75 bits per heavy atom. The summed E-state index contributed by atoms with van der Waals surface area (Å²) in [7, 11) is 0. The van der Waals surface area contributed by atoms with Gasteiger partial charge in [-0.2, -0.15) is 0 Å². The van der Waals surface area contributed by atoms with Gasteiger partial charge in [0.25, 0.3) is 0 Å². The van der Waals surface area contributed by atoms with Crippen LogP contribution in [0.2, 0.25) is 0 Å². The molecule has 0 aliphatic heterocycles. The molecule has 0 unspecified atom stereocenters. The van der Waals surface area contributed by atoms with Gasteiger partial charge in [0.2, 0.25) is 0 Å². The zero-order valence-corrected chi connectivity index (χ0v) is 14.3. The molecule has 0 radical (unpaired) electrons. The van der Waals surface area contributed by atoms with Gasteiger partial charge in [0.05, 0.1) is 4.88 Å². The van der Waals surface area contributed by atoms with Gasteiger partial charge in [0.1, 0.15) is 12.4 Å². The lowest BCUT2D eigenvalue weighted by molar-refractivity contribution is 0.105. The van der Waals surface area contributed by atoms with Crippen LogP contribution in [0.1, 0.15) is 25.7 Å². The summed E-state index contributed by atoms with van der Waals surface area (Å²) in [6.45, 7) is 2.50. The first-order valence-electron chi connectivity index (χ1n) is 7.77. The van der Waals surface area contributed by atoms with Crippen molar-refractivity contribution in [1.29, 1.82) is 0 Å². The highest BCUT2D eigenvalue weighted by atomic mass is 32.1. The third-order valence-corrected chi connectivity index (χ3v) is 4.57. The average molecular weight is 334 g/mol. The molecule has 1 aromatic heterocycles. The summed E-state index contributed by atoms with van der Waals surface area (Å²) in [6.07, 6.45) is 3.42. The molecule has 0 aliphatic rings. The lowest BCUT2D eigenvalue weighted by Crippen LogP contribution is -1.97. The summed E-state index contributed by atoms with van der Waals surface area (Å²) < 4.78 is 5.91. The zero-order valence-electron chi connectivity index (χ0n) is 13.4. The minimum Gasteiger partial charge on any atom is -0.488 e. The molecule has 0 N–H and O–H groups in total. The number of benzene rings is 2. The Morgan fingerprint density at radius 1 is 1.00 bits per heavy atom. The first-order chi connectivity index (χ1) is 11.7. The van der Waals surface area contributed by atoms with Crippen molar-refractivity contribution in [2.45, 2.75) is 13.5 Å². The minimum atomic E-state index is 0.0194. The first-order valence-corrected chi connectivity index (χ1v) is 8.58. The molecular weight excluding hydrogens is 316 g/mol. The van der Waals surface area contributed by atoms with Crippen molar-refractivity contribution in [1.82, 2.24) is 0 Å². The van der Waals surface area contributed by atoms with Crippen LogP contribution in [-0.2, 0) is 6.61 Å². The van der Waals surface area contributed by atoms with E-state index in [0.717, 1.165) is 26.6 Å². The maximum Gasteiger partial charge on any atom is 0.195 e. The second-order valence-electron chi connectivity index (χ2n) is 5.42. The van der Waals surface area contributed by atoms with Crippen LogP contribution in [0.15, 0.2) is 72.8 Å². The van der Waals surface area contributed by atoms with Crippen LogP contribution < -0.4 is 4.74 Å². The standard InChI is InChI=1S/C21H18O2S/c1-16-11-14-21(24-16)19(22)13-12-18-9-5-6-10-20(18)23-15-17-7-3-2-4-8-17/h2-14H,15H2,1H3/b13-12+. The quantitative estimate of drug-likeness (QED) is 0.437. The molecule has 120 valence electrons. The number of aryl methyl sites for hydroxylation is 1. The minimum absolute atomic E-state index is 0.0194. The highest BCUT2D eigenvalue weighted by molar-refractivity contribution is 7.14. The number of hydrogen-bond acceptors (Lipinski definition) is 3. The van der Waals surface area contributed by atoms with Crippen molar-refractivity contribution in [3.8, 4) is 5.75 Å². The molecule has 0 saturated heterocycles. The van der Waals surface area contributed by atoms with Gasteiger partial charge in [0, 0.05) is 10.4 Å². The largest absolute Gasteiger partial charge is 0.488 e. The molecule has 1 heterocycles. The van der Waals surface area contributed by atoms with Crippen LogP contribution in [0.5, 0.6) is 5.75 Å². The average Bonchev–Trinajstić information content (AvgIpc) is 3.06. The van der Waals surface area contributed by atoms with Crippen molar-refractivity contribution in [2.24, 2.45) is 0 Å².